The van der Waals surface area contributed by atoms with E-state index in [1.54, 1.807) is 0 Å². The van der Waals surface area contributed by atoms with Crippen molar-refractivity contribution in [2.45, 2.75) is 254 Å². The molecule has 0 aromatic carbocycles. The number of nitrogens with one attached hydrogen (secondary N) is 1. The first-order chi connectivity index (χ1) is 29.1. The number of aliphatic hydroxyl groups excluding tert-OH is 8. The SMILES string of the molecule is CCCCCCCCCC/C=C\CCCCCCCCCCCC(=O)NC(COC1OC(CO)C(OC2OC(CO)C(O)C(O)C2O)C(O)C1O)C(O)CCCCCCC. The molecule has 14 heteroatoms. The Labute approximate surface area is 361 Å². The van der Waals surface area contributed by atoms with E-state index in [0.717, 1.165) is 57.8 Å². The number of allylic oxidation sites excluding steroid dienone is 2. The van der Waals surface area contributed by atoms with Crippen LogP contribution in [0.3, 0.4) is 0 Å². The van der Waals surface area contributed by atoms with Crippen molar-refractivity contribution < 1.29 is 64.6 Å². The number of amides is 1. The molecule has 354 valence electrons. The van der Waals surface area contributed by atoms with E-state index in [9.17, 15) is 45.6 Å². The van der Waals surface area contributed by atoms with E-state index in [-0.39, 0.29) is 12.5 Å². The van der Waals surface area contributed by atoms with Crippen molar-refractivity contribution in [1.29, 1.82) is 0 Å². The van der Waals surface area contributed by atoms with Gasteiger partial charge in [0, 0.05) is 6.42 Å². The highest BCUT2D eigenvalue weighted by Crippen LogP contribution is 2.30. The van der Waals surface area contributed by atoms with Crippen LogP contribution in [0.5, 0.6) is 0 Å². The summed E-state index contributed by atoms with van der Waals surface area (Å²) in [6.45, 7) is 2.74. The summed E-state index contributed by atoms with van der Waals surface area (Å²) in [4.78, 5) is 13.1. The van der Waals surface area contributed by atoms with E-state index in [1.165, 1.54) is 96.3 Å². The molecule has 0 radical (unpaired) electrons. The van der Waals surface area contributed by atoms with Gasteiger partial charge in [-0.3, -0.25) is 4.79 Å². The molecule has 9 N–H and O–H groups in total. The maximum Gasteiger partial charge on any atom is 0.220 e. The van der Waals surface area contributed by atoms with Crippen molar-refractivity contribution in [1.82, 2.24) is 5.32 Å². The Bertz CT molecular complexity index is 1070. The second-order valence-corrected chi connectivity index (χ2v) is 17.2. The van der Waals surface area contributed by atoms with Crippen molar-refractivity contribution in [2.24, 2.45) is 0 Å². The average Bonchev–Trinajstić information content (AvgIpc) is 3.24. The first-order valence-electron chi connectivity index (χ1n) is 23.9. The van der Waals surface area contributed by atoms with Gasteiger partial charge in [0.25, 0.3) is 0 Å². The molecule has 2 fully saturated rings. The van der Waals surface area contributed by atoms with Gasteiger partial charge in [0.2, 0.25) is 5.91 Å². The van der Waals surface area contributed by atoms with Gasteiger partial charge >= 0.3 is 0 Å². The van der Waals surface area contributed by atoms with Crippen LogP contribution in [0.4, 0.5) is 0 Å². The van der Waals surface area contributed by atoms with Gasteiger partial charge in [-0.2, -0.15) is 0 Å². The smallest absolute Gasteiger partial charge is 0.220 e. The monoisotopic (exact) mass is 862 g/mol. The molecular weight excluding hydrogens is 775 g/mol. The standard InChI is InChI=1S/C46H87NO13/c1-3-5-7-9-10-11-12-13-14-15-16-17-18-19-20-21-22-23-24-26-28-30-38(51)47-34(35(50)29-27-25-8-6-4-2)33-57-45-43(56)41(54)44(37(32-49)59-45)60-46-42(55)40(53)39(52)36(31-48)58-46/h15-16,34-37,39-46,48-50,52-56H,3-14,17-33H2,1-2H3,(H,47,51)/b16-15-. The molecule has 12 atom stereocenters. The molecule has 0 saturated carbocycles. The summed E-state index contributed by atoms with van der Waals surface area (Å²) in [6, 6.07) is -0.822. The molecule has 2 heterocycles. The number of hydrogen-bond acceptors (Lipinski definition) is 13. The molecule has 14 nitrogen and oxygen atoms in total. The minimum atomic E-state index is -1.78. The maximum atomic E-state index is 13.1. The molecule has 0 bridgehead atoms. The zero-order chi connectivity index (χ0) is 44.0. The van der Waals surface area contributed by atoms with Gasteiger partial charge in [-0.1, -0.05) is 148 Å². The molecule has 2 rings (SSSR count). The summed E-state index contributed by atoms with van der Waals surface area (Å²) in [7, 11) is 0. The Hall–Kier alpha value is -1.27. The lowest BCUT2D eigenvalue weighted by atomic mass is 9.97. The number of carbonyl (C=O) groups excluding carboxylic acids is 1. The lowest BCUT2D eigenvalue weighted by Gasteiger charge is -2.46. The van der Waals surface area contributed by atoms with Gasteiger partial charge in [0.1, 0.15) is 48.8 Å². The Kier molecular flexibility index (Phi) is 31.3. The maximum absolute atomic E-state index is 13.1. The van der Waals surface area contributed by atoms with Gasteiger partial charge in [-0.25, -0.2) is 0 Å². The second-order valence-electron chi connectivity index (χ2n) is 17.2. The van der Waals surface area contributed by atoms with Crippen LogP contribution >= 0.6 is 0 Å². The molecule has 0 spiro atoms. The molecule has 2 saturated heterocycles. The minimum absolute atomic E-state index is 0.216. The first-order valence-corrected chi connectivity index (χ1v) is 23.9. The van der Waals surface area contributed by atoms with Crippen molar-refractivity contribution in [2.75, 3.05) is 19.8 Å². The molecular formula is C46H87NO13. The summed E-state index contributed by atoms with van der Waals surface area (Å²) >= 11 is 0. The predicted molar refractivity (Wildman–Crippen MR) is 231 cm³/mol. The van der Waals surface area contributed by atoms with Crippen molar-refractivity contribution in [3.8, 4) is 0 Å². The van der Waals surface area contributed by atoms with Crippen LogP contribution in [0, 0.1) is 0 Å². The van der Waals surface area contributed by atoms with E-state index in [1.807, 2.05) is 0 Å². The molecule has 1 amide bonds. The average molecular weight is 862 g/mol. The topological polar surface area (TPSA) is 228 Å². The van der Waals surface area contributed by atoms with Crippen molar-refractivity contribution in [3.63, 3.8) is 0 Å². The quantitative estimate of drug-likeness (QED) is 0.0292. The van der Waals surface area contributed by atoms with Crippen LogP contribution in [-0.4, -0.2) is 140 Å². The van der Waals surface area contributed by atoms with E-state index < -0.39 is 86.8 Å². The molecule has 0 aromatic heterocycles. The van der Waals surface area contributed by atoms with Crippen LogP contribution in [0.25, 0.3) is 0 Å². The first kappa shape index (κ1) is 54.9. The fraction of sp³-hybridized carbons (Fsp3) is 0.935. The molecule has 0 aromatic rings. The lowest BCUT2D eigenvalue weighted by molar-refractivity contribution is -0.359. The van der Waals surface area contributed by atoms with Gasteiger partial charge < -0.3 is 65.1 Å². The fourth-order valence-corrected chi connectivity index (χ4v) is 7.99. The molecule has 0 aliphatic carbocycles. The van der Waals surface area contributed by atoms with Crippen LogP contribution in [0.15, 0.2) is 12.2 Å². The van der Waals surface area contributed by atoms with E-state index in [2.05, 4.69) is 31.3 Å². The van der Waals surface area contributed by atoms with Crippen LogP contribution in [0.1, 0.15) is 181 Å². The highest BCUT2D eigenvalue weighted by atomic mass is 16.7. The fourth-order valence-electron chi connectivity index (χ4n) is 7.99. The number of rotatable bonds is 36. The Morgan fingerprint density at radius 3 is 1.58 bits per heavy atom. The molecule has 2 aliphatic heterocycles. The highest BCUT2D eigenvalue weighted by Gasteiger charge is 2.51. The van der Waals surface area contributed by atoms with Gasteiger partial charge in [0.15, 0.2) is 12.6 Å². The molecule has 12 unspecified atom stereocenters. The Morgan fingerprint density at radius 1 is 0.583 bits per heavy atom. The zero-order valence-electron chi connectivity index (χ0n) is 37.2. The lowest BCUT2D eigenvalue weighted by Crippen LogP contribution is -2.65. The number of unbranched alkanes of at least 4 members (excludes halogenated alkanes) is 21. The van der Waals surface area contributed by atoms with Crippen LogP contribution < -0.4 is 5.32 Å². The third-order valence-electron chi connectivity index (χ3n) is 12.0. The van der Waals surface area contributed by atoms with Crippen molar-refractivity contribution in [3.05, 3.63) is 12.2 Å². The van der Waals surface area contributed by atoms with Gasteiger partial charge in [0.05, 0.1) is 32.0 Å². The Balaban J connectivity index is 1.72. The molecule has 2 aliphatic rings. The minimum Gasteiger partial charge on any atom is -0.394 e. The predicted octanol–water partition coefficient (Wildman–Crippen LogP) is 5.21. The third-order valence-corrected chi connectivity index (χ3v) is 12.0. The third kappa shape index (κ3) is 21.9. The summed E-state index contributed by atoms with van der Waals surface area (Å²) in [5, 5.41) is 86.2. The molecule has 60 heavy (non-hydrogen) atoms. The summed E-state index contributed by atoms with van der Waals surface area (Å²) < 4.78 is 22.6. The van der Waals surface area contributed by atoms with Gasteiger partial charge in [-0.15, -0.1) is 0 Å². The number of ether oxygens (including phenoxy) is 4. The zero-order valence-corrected chi connectivity index (χ0v) is 37.2. The largest absolute Gasteiger partial charge is 0.394 e. The Morgan fingerprint density at radius 2 is 1.05 bits per heavy atom. The number of hydrogen-bond donors (Lipinski definition) is 9. The number of carbonyl (C=O) groups is 1. The second kappa shape index (κ2) is 34.2. The van der Waals surface area contributed by atoms with E-state index >= 15 is 0 Å². The van der Waals surface area contributed by atoms with Gasteiger partial charge in [-0.05, 0) is 38.5 Å². The summed E-state index contributed by atoms with van der Waals surface area (Å²) in [5.74, 6) is -0.216. The van der Waals surface area contributed by atoms with Crippen molar-refractivity contribution >= 4 is 5.91 Å². The van der Waals surface area contributed by atoms with Crippen LogP contribution in [0.2, 0.25) is 0 Å². The summed E-state index contributed by atoms with van der Waals surface area (Å²) in [5.41, 5.74) is 0. The normalized spacial score (nSPS) is 28.3. The highest BCUT2D eigenvalue weighted by molar-refractivity contribution is 5.76. The van der Waals surface area contributed by atoms with E-state index in [0.29, 0.717) is 12.8 Å². The summed E-state index contributed by atoms with van der Waals surface area (Å²) in [6.07, 6.45) is 17.1. The van der Waals surface area contributed by atoms with E-state index in [4.69, 9.17) is 18.9 Å². The number of aliphatic hydroxyl groups is 8. The van der Waals surface area contributed by atoms with Crippen LogP contribution in [-0.2, 0) is 23.7 Å².